The molecule has 0 bridgehead atoms. The van der Waals surface area contributed by atoms with Crippen molar-refractivity contribution in [1.82, 2.24) is 14.5 Å². The van der Waals surface area contributed by atoms with Crippen LogP contribution in [0.5, 0.6) is 0 Å². The van der Waals surface area contributed by atoms with E-state index in [1.165, 1.54) is 13.1 Å². The van der Waals surface area contributed by atoms with Crippen molar-refractivity contribution >= 4 is 17.0 Å². The first-order chi connectivity index (χ1) is 15.5. The van der Waals surface area contributed by atoms with Gasteiger partial charge in [0.25, 0.3) is 11.5 Å². The fourth-order valence-electron chi connectivity index (χ4n) is 3.05. The lowest BCUT2D eigenvalue weighted by molar-refractivity contribution is -0.137. The third-order valence-corrected chi connectivity index (χ3v) is 5.27. The number of nitrogens with zero attached hydrogens (tertiary/aromatic N) is 2. The number of alkyl halides is 3. The van der Waals surface area contributed by atoms with E-state index in [1.807, 2.05) is 0 Å². The van der Waals surface area contributed by atoms with Crippen molar-refractivity contribution in [3.8, 4) is 5.69 Å². The van der Waals surface area contributed by atoms with E-state index in [1.54, 1.807) is 24.3 Å². The molecule has 0 fully saturated rings. The Labute approximate surface area is 187 Å². The molecule has 0 saturated carbocycles. The van der Waals surface area contributed by atoms with Crippen LogP contribution in [0.4, 0.5) is 13.2 Å². The van der Waals surface area contributed by atoms with Crippen LogP contribution in [0.15, 0.2) is 64.3 Å². The highest BCUT2D eigenvalue weighted by molar-refractivity contribution is 7.78. The second-order valence-corrected chi connectivity index (χ2v) is 8.02. The monoisotopic (exact) mass is 481 g/mol. The van der Waals surface area contributed by atoms with E-state index in [9.17, 15) is 31.8 Å². The van der Waals surface area contributed by atoms with Crippen LogP contribution in [0.1, 0.15) is 27.0 Å². The summed E-state index contributed by atoms with van der Waals surface area (Å²) in [6, 6.07) is 10.2. The molecule has 1 aromatic heterocycles. The molecule has 8 nitrogen and oxygen atoms in total. The molecule has 12 heteroatoms. The minimum absolute atomic E-state index is 0.00711. The quantitative estimate of drug-likeness (QED) is 0.525. The lowest BCUT2D eigenvalue weighted by Crippen LogP contribution is -2.42. The van der Waals surface area contributed by atoms with Crippen molar-refractivity contribution in [2.75, 3.05) is 0 Å². The third-order valence-electron chi connectivity index (χ3n) is 4.69. The first-order valence-electron chi connectivity index (χ1n) is 9.41. The van der Waals surface area contributed by atoms with Gasteiger partial charge in [-0.2, -0.15) is 13.2 Å². The van der Waals surface area contributed by atoms with Gasteiger partial charge in [-0.3, -0.25) is 9.59 Å². The van der Waals surface area contributed by atoms with Crippen molar-refractivity contribution in [3.63, 3.8) is 0 Å². The summed E-state index contributed by atoms with van der Waals surface area (Å²) in [5.41, 5.74) is -2.50. The van der Waals surface area contributed by atoms with Gasteiger partial charge in [0.15, 0.2) is 11.1 Å². The summed E-state index contributed by atoms with van der Waals surface area (Å²) in [6.07, 6.45) is -3.66. The maximum atomic E-state index is 13.1. The molecule has 174 valence electrons. The maximum absolute atomic E-state index is 13.1. The van der Waals surface area contributed by atoms with Gasteiger partial charge < -0.3 is 14.4 Å². The van der Waals surface area contributed by atoms with E-state index in [0.717, 1.165) is 22.9 Å². The van der Waals surface area contributed by atoms with E-state index in [0.29, 0.717) is 21.8 Å². The molecule has 0 radical (unpaired) electrons. The van der Waals surface area contributed by atoms with Crippen molar-refractivity contribution in [2.45, 2.75) is 18.5 Å². The molecule has 1 unspecified atom stereocenters. The van der Waals surface area contributed by atoms with Crippen LogP contribution in [0.3, 0.4) is 0 Å². The molecule has 0 aliphatic rings. The molecule has 0 saturated heterocycles. The average Bonchev–Trinajstić information content (AvgIpc) is 2.75. The van der Waals surface area contributed by atoms with Gasteiger partial charge in [0.05, 0.1) is 17.0 Å². The largest absolute Gasteiger partial charge is 0.416 e. The summed E-state index contributed by atoms with van der Waals surface area (Å²) in [5, 5.41) is 2.52. The number of benzene rings is 2. The van der Waals surface area contributed by atoms with Gasteiger partial charge >= 0.3 is 11.9 Å². The Bertz CT molecular complexity index is 1330. The number of rotatable bonds is 6. The van der Waals surface area contributed by atoms with Crippen molar-refractivity contribution in [1.29, 1.82) is 0 Å². The molecule has 1 amide bonds. The van der Waals surface area contributed by atoms with Crippen LogP contribution in [-0.2, 0) is 36.6 Å². The number of amides is 1. The Hall–Kier alpha value is -3.51. The SMILES string of the molecule is Cn1cc(C(=O)NCc2ccc(CS(=O)O)cc2)c(=O)n(-c2cccc(C(F)(F)F)c2)c1=O. The topological polar surface area (TPSA) is 110 Å². The number of aromatic nitrogens is 2. The zero-order chi connectivity index (χ0) is 24.3. The number of carbonyl (C=O) groups excluding carboxylic acids is 1. The fourth-order valence-corrected chi connectivity index (χ4v) is 3.52. The molecule has 0 spiro atoms. The van der Waals surface area contributed by atoms with Crippen LogP contribution in [0.2, 0.25) is 0 Å². The lowest BCUT2D eigenvalue weighted by atomic mass is 10.1. The molecule has 33 heavy (non-hydrogen) atoms. The third kappa shape index (κ3) is 5.65. The van der Waals surface area contributed by atoms with Crippen LogP contribution in [-0.4, -0.2) is 23.8 Å². The Kier molecular flexibility index (Phi) is 6.98. The number of carbonyl (C=O) groups is 1. The number of hydrogen-bond donors (Lipinski definition) is 2. The molecule has 1 atom stereocenters. The normalized spacial score (nSPS) is 12.4. The second-order valence-electron chi connectivity index (χ2n) is 7.09. The summed E-state index contributed by atoms with van der Waals surface area (Å²) in [7, 11) is 1.27. The molecule has 3 rings (SSSR count). The van der Waals surface area contributed by atoms with E-state index in [-0.39, 0.29) is 18.0 Å². The van der Waals surface area contributed by atoms with Crippen molar-refractivity contribution in [2.24, 2.45) is 7.05 Å². The minimum Gasteiger partial charge on any atom is -0.348 e. The first kappa shape index (κ1) is 24.1. The van der Waals surface area contributed by atoms with E-state index >= 15 is 0 Å². The first-order valence-corrected chi connectivity index (χ1v) is 10.7. The summed E-state index contributed by atoms with van der Waals surface area (Å²) < 4.78 is 60.4. The number of hydrogen-bond acceptors (Lipinski definition) is 4. The predicted octanol–water partition coefficient (Wildman–Crippen LogP) is 2.21. The molecular formula is C21H18F3N3O5S. The fraction of sp³-hybridized carbons (Fsp3) is 0.190. The highest BCUT2D eigenvalue weighted by Gasteiger charge is 2.31. The zero-order valence-corrected chi connectivity index (χ0v) is 17.9. The molecule has 2 aromatic carbocycles. The second kappa shape index (κ2) is 9.55. The number of aryl methyl sites for hydroxylation is 1. The van der Waals surface area contributed by atoms with Gasteiger partial charge in [0.2, 0.25) is 0 Å². The van der Waals surface area contributed by atoms with Crippen molar-refractivity contribution < 1.29 is 26.7 Å². The Morgan fingerprint density at radius 3 is 2.33 bits per heavy atom. The number of nitrogens with one attached hydrogen (secondary N) is 1. The van der Waals surface area contributed by atoms with Gasteiger partial charge in [-0.15, -0.1) is 0 Å². The summed E-state index contributed by atoms with van der Waals surface area (Å²) in [4.78, 5) is 38.0. The lowest BCUT2D eigenvalue weighted by Gasteiger charge is -2.13. The van der Waals surface area contributed by atoms with Gasteiger partial charge in [-0.25, -0.2) is 13.6 Å². The van der Waals surface area contributed by atoms with Crippen LogP contribution in [0.25, 0.3) is 5.69 Å². The van der Waals surface area contributed by atoms with E-state index in [2.05, 4.69) is 5.32 Å². The maximum Gasteiger partial charge on any atom is 0.416 e. The number of halogens is 3. The van der Waals surface area contributed by atoms with Crippen molar-refractivity contribution in [3.05, 3.63) is 97.8 Å². The smallest absolute Gasteiger partial charge is 0.348 e. The zero-order valence-electron chi connectivity index (χ0n) is 17.1. The Morgan fingerprint density at radius 1 is 1.09 bits per heavy atom. The minimum atomic E-state index is -4.68. The van der Waals surface area contributed by atoms with Crippen LogP contribution >= 0.6 is 0 Å². The predicted molar refractivity (Wildman–Crippen MR) is 114 cm³/mol. The Morgan fingerprint density at radius 2 is 1.73 bits per heavy atom. The summed E-state index contributed by atoms with van der Waals surface area (Å²) >= 11 is -1.99. The average molecular weight is 481 g/mol. The van der Waals surface area contributed by atoms with Gasteiger partial charge in [-0.1, -0.05) is 30.3 Å². The highest BCUT2D eigenvalue weighted by atomic mass is 32.2. The van der Waals surface area contributed by atoms with Gasteiger partial charge in [0.1, 0.15) is 5.56 Å². The molecule has 0 aliphatic heterocycles. The molecule has 2 N–H and O–H groups in total. The molecule has 1 heterocycles. The molecule has 0 aliphatic carbocycles. The van der Waals surface area contributed by atoms with Gasteiger partial charge in [0, 0.05) is 19.8 Å². The van der Waals surface area contributed by atoms with Crippen LogP contribution < -0.4 is 16.6 Å². The van der Waals surface area contributed by atoms with Crippen LogP contribution in [0, 0.1) is 0 Å². The summed E-state index contributed by atoms with van der Waals surface area (Å²) in [6.45, 7) is 0.00711. The Balaban J connectivity index is 1.90. The van der Waals surface area contributed by atoms with E-state index < -0.39 is 45.5 Å². The van der Waals surface area contributed by atoms with E-state index in [4.69, 9.17) is 4.55 Å². The standard InChI is InChI=1S/C21H18F3N3O5S/c1-26-11-17(18(28)25-10-13-5-7-14(8-6-13)12-33(31)32)19(29)27(20(26)30)16-4-2-3-15(9-16)21(22,23)24/h2-9,11H,10,12H2,1H3,(H,25,28)(H,31,32). The molecular weight excluding hydrogens is 463 g/mol. The highest BCUT2D eigenvalue weighted by Crippen LogP contribution is 2.29. The summed E-state index contributed by atoms with van der Waals surface area (Å²) in [5.74, 6) is -0.864. The van der Waals surface area contributed by atoms with Gasteiger partial charge in [-0.05, 0) is 29.3 Å². The molecule has 3 aromatic rings.